The molecule has 0 saturated carbocycles. The summed E-state index contributed by atoms with van der Waals surface area (Å²) >= 11 is 0. The Balaban J connectivity index is 1.71. The van der Waals surface area contributed by atoms with Crippen LogP contribution in [-0.4, -0.2) is 23.3 Å². The number of carbonyl (C=O) groups excluding carboxylic acids is 1. The lowest BCUT2D eigenvalue weighted by Gasteiger charge is -2.30. The molecule has 0 atom stereocenters. The van der Waals surface area contributed by atoms with Gasteiger partial charge >= 0.3 is 0 Å². The Morgan fingerprint density at radius 2 is 1.60 bits per heavy atom. The van der Waals surface area contributed by atoms with E-state index in [1.54, 1.807) is 0 Å². The number of ketones is 1. The van der Waals surface area contributed by atoms with Gasteiger partial charge in [-0.1, -0.05) is 35.9 Å². The Hall–Kier alpha value is -1.97. The Labute approximate surface area is 149 Å². The number of fused-ring (bicyclic) bond motifs is 3. The van der Waals surface area contributed by atoms with Crippen molar-refractivity contribution in [3.63, 3.8) is 0 Å². The summed E-state index contributed by atoms with van der Waals surface area (Å²) in [4.78, 5) is 13.0. The molecule has 1 heterocycles. The predicted octanol–water partition coefficient (Wildman–Crippen LogP) is 4.68. The predicted molar refractivity (Wildman–Crippen MR) is 97.9 cm³/mol. The number of rotatable bonds is 2. The van der Waals surface area contributed by atoms with E-state index in [9.17, 15) is 4.79 Å². The fraction of sp³-hybridized carbons (Fsp3) is 0.409. The average molecular weight is 336 g/mol. The molecule has 3 nitrogen and oxygen atoms in total. The van der Waals surface area contributed by atoms with Crippen LogP contribution in [0.15, 0.2) is 36.4 Å². The molecule has 0 N–H and O–H groups in total. The molecule has 1 saturated heterocycles. The Morgan fingerprint density at radius 1 is 0.920 bits per heavy atom. The van der Waals surface area contributed by atoms with Gasteiger partial charge in [0.05, 0.1) is 11.2 Å². The third-order valence-corrected chi connectivity index (χ3v) is 5.78. The summed E-state index contributed by atoms with van der Waals surface area (Å²) < 4.78 is 12.3. The van der Waals surface area contributed by atoms with Crippen LogP contribution >= 0.6 is 0 Å². The zero-order valence-electron chi connectivity index (χ0n) is 15.5. The molecular formula is C22H24O3. The molecule has 3 heteroatoms. The number of benzene rings is 2. The van der Waals surface area contributed by atoms with Crippen molar-refractivity contribution < 1.29 is 14.3 Å². The molecule has 2 aromatic carbocycles. The molecule has 0 amide bonds. The van der Waals surface area contributed by atoms with Crippen molar-refractivity contribution in [2.24, 2.45) is 0 Å². The fourth-order valence-electron chi connectivity index (χ4n) is 3.71. The Bertz CT molecular complexity index is 861. The summed E-state index contributed by atoms with van der Waals surface area (Å²) in [6.45, 7) is 10.2. The standard InChI is InChI=1S/C22H24O3/c1-13-9-10-15-16-8-6-7-14(19(16)20(23)17(15)11-13)12-18-24-21(2,3)22(4,5)25-18/h6-11,18H,12H2,1-5H3. The summed E-state index contributed by atoms with van der Waals surface area (Å²) in [7, 11) is 0. The van der Waals surface area contributed by atoms with E-state index in [4.69, 9.17) is 9.47 Å². The van der Waals surface area contributed by atoms with Crippen molar-refractivity contribution >= 4 is 5.78 Å². The van der Waals surface area contributed by atoms with E-state index in [1.165, 1.54) is 0 Å². The van der Waals surface area contributed by atoms with Gasteiger partial charge in [-0.2, -0.15) is 0 Å². The molecule has 0 spiro atoms. The molecule has 0 bridgehead atoms. The van der Waals surface area contributed by atoms with Crippen LogP contribution in [0.5, 0.6) is 0 Å². The van der Waals surface area contributed by atoms with Gasteiger partial charge in [0.15, 0.2) is 12.1 Å². The Kier molecular flexibility index (Phi) is 3.47. The summed E-state index contributed by atoms with van der Waals surface area (Å²) in [5.41, 5.74) is 5.03. The summed E-state index contributed by atoms with van der Waals surface area (Å²) in [6.07, 6.45) is 0.240. The van der Waals surface area contributed by atoms with Gasteiger partial charge in [0.2, 0.25) is 0 Å². The van der Waals surface area contributed by atoms with Gasteiger partial charge in [-0.15, -0.1) is 0 Å². The van der Waals surface area contributed by atoms with Crippen molar-refractivity contribution in [3.05, 3.63) is 58.7 Å². The maximum absolute atomic E-state index is 13.0. The molecule has 4 rings (SSSR count). The molecule has 0 unspecified atom stereocenters. The van der Waals surface area contributed by atoms with Crippen molar-refractivity contribution in [3.8, 4) is 11.1 Å². The number of ether oxygens (including phenoxy) is 2. The molecule has 25 heavy (non-hydrogen) atoms. The molecule has 2 aliphatic rings. The van der Waals surface area contributed by atoms with Crippen LogP contribution < -0.4 is 0 Å². The highest BCUT2D eigenvalue weighted by Crippen LogP contribution is 2.42. The van der Waals surface area contributed by atoms with E-state index in [0.717, 1.165) is 33.4 Å². The lowest BCUT2D eigenvalue weighted by Crippen LogP contribution is -2.41. The highest BCUT2D eigenvalue weighted by Gasteiger charge is 2.49. The van der Waals surface area contributed by atoms with Gasteiger partial charge in [0.25, 0.3) is 0 Å². The second kappa shape index (κ2) is 5.26. The SMILES string of the molecule is Cc1ccc2c(c1)C(=O)c1c(CC3OC(C)(C)C(C)(C)O3)cccc1-2. The average Bonchev–Trinajstić information content (AvgIpc) is 2.90. The highest BCUT2D eigenvalue weighted by atomic mass is 16.7. The van der Waals surface area contributed by atoms with E-state index >= 15 is 0 Å². The van der Waals surface area contributed by atoms with Crippen molar-refractivity contribution in [1.82, 2.24) is 0 Å². The lowest BCUT2D eigenvalue weighted by atomic mass is 9.90. The van der Waals surface area contributed by atoms with E-state index in [1.807, 2.05) is 65.0 Å². The summed E-state index contributed by atoms with van der Waals surface area (Å²) in [5.74, 6) is 0.112. The first-order chi connectivity index (χ1) is 11.7. The zero-order valence-corrected chi connectivity index (χ0v) is 15.5. The topological polar surface area (TPSA) is 35.5 Å². The van der Waals surface area contributed by atoms with Crippen molar-refractivity contribution in [2.75, 3.05) is 0 Å². The summed E-state index contributed by atoms with van der Waals surface area (Å²) in [5, 5.41) is 0. The molecule has 130 valence electrons. The first-order valence-electron chi connectivity index (χ1n) is 8.83. The molecule has 0 aromatic heterocycles. The lowest BCUT2D eigenvalue weighted by molar-refractivity contribution is -0.0846. The van der Waals surface area contributed by atoms with Crippen LogP contribution in [-0.2, 0) is 15.9 Å². The van der Waals surface area contributed by atoms with Gasteiger partial charge in [-0.25, -0.2) is 0 Å². The van der Waals surface area contributed by atoms with E-state index < -0.39 is 0 Å². The van der Waals surface area contributed by atoms with Gasteiger partial charge < -0.3 is 9.47 Å². The zero-order chi connectivity index (χ0) is 18.0. The van der Waals surface area contributed by atoms with E-state index in [-0.39, 0.29) is 23.3 Å². The van der Waals surface area contributed by atoms with Gasteiger partial charge in [-0.3, -0.25) is 4.79 Å². The van der Waals surface area contributed by atoms with Crippen molar-refractivity contribution in [2.45, 2.75) is 58.5 Å². The maximum Gasteiger partial charge on any atom is 0.194 e. The maximum atomic E-state index is 13.0. The first-order valence-corrected chi connectivity index (χ1v) is 8.83. The van der Waals surface area contributed by atoms with Gasteiger partial charge in [-0.05, 0) is 57.4 Å². The fourth-order valence-corrected chi connectivity index (χ4v) is 3.71. The molecule has 1 aliphatic carbocycles. The monoisotopic (exact) mass is 336 g/mol. The van der Waals surface area contributed by atoms with Crippen LogP contribution in [0.25, 0.3) is 11.1 Å². The number of aryl methyl sites for hydroxylation is 1. The van der Waals surface area contributed by atoms with Crippen molar-refractivity contribution in [1.29, 1.82) is 0 Å². The Morgan fingerprint density at radius 3 is 2.28 bits per heavy atom. The van der Waals surface area contributed by atoms with Gasteiger partial charge in [0.1, 0.15) is 0 Å². The van der Waals surface area contributed by atoms with Crippen LogP contribution in [0.4, 0.5) is 0 Å². The first kappa shape index (κ1) is 16.5. The van der Waals surface area contributed by atoms with Gasteiger partial charge in [0, 0.05) is 17.5 Å². The van der Waals surface area contributed by atoms with Crippen LogP contribution in [0.1, 0.15) is 54.7 Å². The minimum atomic E-state index is -0.361. The highest BCUT2D eigenvalue weighted by molar-refractivity contribution is 6.22. The molecular weight excluding hydrogens is 312 g/mol. The van der Waals surface area contributed by atoms with Crippen LogP contribution in [0, 0.1) is 6.92 Å². The largest absolute Gasteiger partial charge is 0.343 e. The third-order valence-electron chi connectivity index (χ3n) is 5.78. The number of hydrogen-bond acceptors (Lipinski definition) is 3. The normalized spacial score (nSPS) is 20.6. The molecule has 2 aromatic rings. The molecule has 0 radical (unpaired) electrons. The van der Waals surface area contributed by atoms with Crippen LogP contribution in [0.2, 0.25) is 0 Å². The second-order valence-corrected chi connectivity index (χ2v) is 8.11. The molecule has 1 fully saturated rings. The minimum Gasteiger partial charge on any atom is -0.343 e. The number of carbonyl (C=O) groups is 1. The number of hydrogen-bond donors (Lipinski definition) is 0. The summed E-state index contributed by atoms with van der Waals surface area (Å²) in [6, 6.07) is 12.1. The van der Waals surface area contributed by atoms with Crippen LogP contribution in [0.3, 0.4) is 0 Å². The third kappa shape index (κ3) is 2.45. The molecule has 1 aliphatic heterocycles. The quantitative estimate of drug-likeness (QED) is 0.682. The van der Waals surface area contributed by atoms with E-state index in [2.05, 4.69) is 6.07 Å². The minimum absolute atomic E-state index is 0.112. The van der Waals surface area contributed by atoms with E-state index in [0.29, 0.717) is 6.42 Å². The second-order valence-electron chi connectivity index (χ2n) is 8.11. The smallest absolute Gasteiger partial charge is 0.194 e.